The van der Waals surface area contributed by atoms with Crippen molar-refractivity contribution >= 4 is 44.8 Å². The maximum Gasteiger partial charge on any atom is 0.264 e. The second-order valence-corrected chi connectivity index (χ2v) is 11.9. The first-order valence-electron chi connectivity index (χ1n) is 11.9. The lowest BCUT2D eigenvalue weighted by Crippen LogP contribution is -2.41. The quantitative estimate of drug-likeness (QED) is 0.310. The Morgan fingerprint density at radius 3 is 2.24 bits per heavy atom. The van der Waals surface area contributed by atoms with Gasteiger partial charge in [0.1, 0.15) is 12.3 Å². The minimum Gasteiger partial charge on any atom is -0.496 e. The number of aryl methyl sites for hydroxylation is 2. The van der Waals surface area contributed by atoms with Crippen LogP contribution < -0.4 is 14.4 Å². The van der Waals surface area contributed by atoms with Gasteiger partial charge in [0, 0.05) is 0 Å². The standard InChI is InChI=1S/C28H32Cl2N2O4S/c1-17(2)22-15-23(19(4)14-26(22)36-6)20(5)31-27(33)16-32(25-9-7-8-24(29)28(25)30)37(34,35)21-12-10-18(3)11-13-21/h7-15,17,20H,16H2,1-6H3,(H,31,33). The van der Waals surface area contributed by atoms with Crippen molar-refractivity contribution in [3.63, 3.8) is 0 Å². The summed E-state index contributed by atoms with van der Waals surface area (Å²) in [6.45, 7) is 9.34. The number of nitrogens with one attached hydrogen (secondary N) is 1. The molecule has 6 nitrogen and oxygen atoms in total. The van der Waals surface area contributed by atoms with Crippen molar-refractivity contribution < 1.29 is 17.9 Å². The largest absolute Gasteiger partial charge is 0.496 e. The third-order valence-corrected chi connectivity index (χ3v) is 8.76. The van der Waals surface area contributed by atoms with Crippen LogP contribution in [0.3, 0.4) is 0 Å². The number of halogens is 2. The smallest absolute Gasteiger partial charge is 0.264 e. The number of hydrogen-bond acceptors (Lipinski definition) is 4. The van der Waals surface area contributed by atoms with Gasteiger partial charge in [-0.3, -0.25) is 9.10 Å². The zero-order valence-electron chi connectivity index (χ0n) is 21.8. The monoisotopic (exact) mass is 562 g/mol. The zero-order valence-corrected chi connectivity index (χ0v) is 24.1. The van der Waals surface area contributed by atoms with Crippen LogP contribution in [-0.2, 0) is 14.8 Å². The van der Waals surface area contributed by atoms with Crippen molar-refractivity contribution in [1.29, 1.82) is 0 Å². The number of rotatable bonds is 9. The van der Waals surface area contributed by atoms with E-state index in [4.69, 9.17) is 27.9 Å². The van der Waals surface area contributed by atoms with Gasteiger partial charge in [0.15, 0.2) is 0 Å². The summed E-state index contributed by atoms with van der Waals surface area (Å²) in [5.41, 5.74) is 3.94. The first kappa shape index (κ1) is 28.8. The number of anilines is 1. The molecule has 0 bridgehead atoms. The molecular weight excluding hydrogens is 531 g/mol. The molecule has 9 heteroatoms. The fourth-order valence-corrected chi connectivity index (χ4v) is 6.01. The Labute approximate surface area is 229 Å². The molecule has 3 aromatic rings. The number of benzene rings is 3. The maximum absolute atomic E-state index is 13.7. The third-order valence-electron chi connectivity index (χ3n) is 6.18. The van der Waals surface area contributed by atoms with Gasteiger partial charge < -0.3 is 10.1 Å². The lowest BCUT2D eigenvalue weighted by atomic mass is 9.93. The fourth-order valence-electron chi connectivity index (χ4n) is 4.13. The minimum absolute atomic E-state index is 0.0440. The Hall–Kier alpha value is -2.74. The van der Waals surface area contributed by atoms with Crippen molar-refractivity contribution in [1.82, 2.24) is 5.32 Å². The molecule has 0 radical (unpaired) electrons. The van der Waals surface area contributed by atoms with E-state index in [-0.39, 0.29) is 32.6 Å². The highest BCUT2D eigenvalue weighted by Gasteiger charge is 2.30. The molecule has 198 valence electrons. The SMILES string of the molecule is COc1cc(C)c(C(C)NC(=O)CN(c2cccc(Cl)c2Cl)S(=O)(=O)c2ccc(C)cc2)cc1C(C)C. The third kappa shape index (κ3) is 6.40. The molecule has 0 heterocycles. The molecule has 0 aliphatic rings. The van der Waals surface area contributed by atoms with Crippen LogP contribution in [0.4, 0.5) is 5.69 Å². The number of nitrogens with zero attached hydrogens (tertiary/aromatic N) is 1. The highest BCUT2D eigenvalue weighted by atomic mass is 35.5. The summed E-state index contributed by atoms with van der Waals surface area (Å²) >= 11 is 12.6. The normalized spacial score (nSPS) is 12.4. The zero-order chi connectivity index (χ0) is 27.5. The van der Waals surface area contributed by atoms with Crippen LogP contribution >= 0.6 is 23.2 Å². The summed E-state index contributed by atoms with van der Waals surface area (Å²) in [6.07, 6.45) is 0. The van der Waals surface area contributed by atoms with Gasteiger partial charge in [-0.25, -0.2) is 8.42 Å². The predicted octanol–water partition coefficient (Wildman–Crippen LogP) is 6.81. The van der Waals surface area contributed by atoms with Crippen molar-refractivity contribution in [2.45, 2.75) is 51.5 Å². The van der Waals surface area contributed by atoms with Crippen LogP contribution in [-0.4, -0.2) is 28.0 Å². The van der Waals surface area contributed by atoms with Gasteiger partial charge in [0.05, 0.1) is 33.8 Å². The molecular formula is C28H32Cl2N2O4S. The van der Waals surface area contributed by atoms with E-state index in [1.165, 1.54) is 18.2 Å². The Morgan fingerprint density at radius 2 is 1.65 bits per heavy atom. The molecule has 3 rings (SSSR count). The van der Waals surface area contributed by atoms with Gasteiger partial charge in [0.25, 0.3) is 10.0 Å². The lowest BCUT2D eigenvalue weighted by Gasteiger charge is -2.27. The Bertz CT molecular complexity index is 1390. The average molecular weight is 564 g/mol. The van der Waals surface area contributed by atoms with Crippen molar-refractivity contribution in [2.24, 2.45) is 0 Å². The summed E-state index contributed by atoms with van der Waals surface area (Å²) in [4.78, 5) is 13.3. The first-order valence-corrected chi connectivity index (χ1v) is 14.1. The van der Waals surface area contributed by atoms with Crippen LogP contribution in [0.1, 0.15) is 55.0 Å². The van der Waals surface area contributed by atoms with E-state index in [0.29, 0.717) is 0 Å². The average Bonchev–Trinajstić information content (AvgIpc) is 2.84. The second kappa shape index (κ2) is 11.8. The molecule has 0 saturated carbocycles. The first-order chi connectivity index (χ1) is 17.4. The molecule has 0 aromatic heterocycles. The van der Waals surface area contributed by atoms with Gasteiger partial charge in [-0.2, -0.15) is 0 Å². The molecule has 0 aliphatic carbocycles. The highest BCUT2D eigenvalue weighted by Crippen LogP contribution is 2.36. The summed E-state index contributed by atoms with van der Waals surface area (Å²) in [7, 11) is -2.49. The molecule has 37 heavy (non-hydrogen) atoms. The molecule has 0 aliphatic heterocycles. The number of carbonyl (C=O) groups is 1. The van der Waals surface area contributed by atoms with Gasteiger partial charge in [-0.1, -0.05) is 60.8 Å². The molecule has 1 unspecified atom stereocenters. The second-order valence-electron chi connectivity index (χ2n) is 9.29. The van der Waals surface area contributed by atoms with E-state index in [1.807, 2.05) is 32.9 Å². The van der Waals surface area contributed by atoms with Gasteiger partial charge in [0.2, 0.25) is 5.91 Å². The lowest BCUT2D eigenvalue weighted by molar-refractivity contribution is -0.120. The Kier molecular flexibility index (Phi) is 9.16. The molecule has 1 amide bonds. The van der Waals surface area contributed by atoms with E-state index in [0.717, 1.165) is 32.3 Å². The maximum atomic E-state index is 13.7. The van der Waals surface area contributed by atoms with Crippen LogP contribution in [0.2, 0.25) is 10.0 Å². The summed E-state index contributed by atoms with van der Waals surface area (Å²) in [6, 6.07) is 14.7. The van der Waals surface area contributed by atoms with Crippen molar-refractivity contribution in [3.8, 4) is 5.75 Å². The van der Waals surface area contributed by atoms with Gasteiger partial charge in [-0.15, -0.1) is 0 Å². The number of carbonyl (C=O) groups excluding carboxylic acids is 1. The topological polar surface area (TPSA) is 75.7 Å². The molecule has 0 spiro atoms. The molecule has 0 fully saturated rings. The predicted molar refractivity (Wildman–Crippen MR) is 151 cm³/mol. The fraction of sp³-hybridized carbons (Fsp3) is 0.321. The van der Waals surface area contributed by atoms with Crippen LogP contribution in [0.15, 0.2) is 59.5 Å². The summed E-state index contributed by atoms with van der Waals surface area (Å²) in [5, 5.41) is 3.18. The minimum atomic E-state index is -4.13. The van der Waals surface area contributed by atoms with Gasteiger partial charge in [-0.05, 0) is 79.8 Å². The van der Waals surface area contributed by atoms with E-state index in [1.54, 1.807) is 31.4 Å². The number of amides is 1. The number of hydrogen-bond donors (Lipinski definition) is 1. The van der Waals surface area contributed by atoms with Crippen molar-refractivity contribution in [2.75, 3.05) is 18.0 Å². The van der Waals surface area contributed by atoms with Crippen LogP contribution in [0.25, 0.3) is 0 Å². The number of methoxy groups -OCH3 is 1. The Balaban J connectivity index is 1.96. The summed E-state index contributed by atoms with van der Waals surface area (Å²) < 4.78 is 33.9. The summed E-state index contributed by atoms with van der Waals surface area (Å²) in [5.74, 6) is 0.526. The van der Waals surface area contributed by atoms with E-state index >= 15 is 0 Å². The number of ether oxygens (including phenoxy) is 1. The Morgan fingerprint density at radius 1 is 1.00 bits per heavy atom. The van der Waals surface area contributed by atoms with Crippen LogP contribution in [0.5, 0.6) is 5.75 Å². The molecule has 0 saturated heterocycles. The van der Waals surface area contributed by atoms with E-state index < -0.39 is 22.5 Å². The van der Waals surface area contributed by atoms with E-state index in [2.05, 4.69) is 19.2 Å². The highest BCUT2D eigenvalue weighted by molar-refractivity contribution is 7.92. The number of sulfonamides is 1. The molecule has 3 aromatic carbocycles. The van der Waals surface area contributed by atoms with Gasteiger partial charge >= 0.3 is 0 Å². The van der Waals surface area contributed by atoms with Crippen LogP contribution in [0, 0.1) is 13.8 Å². The molecule has 1 N–H and O–H groups in total. The molecule has 1 atom stereocenters. The van der Waals surface area contributed by atoms with E-state index in [9.17, 15) is 13.2 Å². The van der Waals surface area contributed by atoms with Crippen molar-refractivity contribution in [3.05, 3.63) is 86.9 Å².